The van der Waals surface area contributed by atoms with Crippen LogP contribution >= 0.6 is 0 Å². The van der Waals surface area contributed by atoms with Gasteiger partial charge in [-0.3, -0.25) is 0 Å². The lowest BCUT2D eigenvalue weighted by Crippen LogP contribution is -2.61. The van der Waals surface area contributed by atoms with Crippen molar-refractivity contribution in [1.29, 1.82) is 0 Å². The summed E-state index contributed by atoms with van der Waals surface area (Å²) in [6.07, 6.45) is 0. The van der Waals surface area contributed by atoms with Gasteiger partial charge in [0.1, 0.15) is 0 Å². The van der Waals surface area contributed by atoms with E-state index in [4.69, 9.17) is 0 Å². The Kier molecular flexibility index (Phi) is 8.23. The molecule has 0 bridgehead atoms. The van der Waals surface area contributed by atoms with Crippen LogP contribution in [0.5, 0.6) is 0 Å². The second-order valence-electron chi connectivity index (χ2n) is 19.4. The minimum absolute atomic E-state index is 0.0281. The number of anilines is 6. The molecule has 2 aromatic heterocycles. The van der Waals surface area contributed by atoms with Gasteiger partial charge in [-0.05, 0) is 171 Å². The van der Waals surface area contributed by atoms with Crippen LogP contribution in [0.15, 0.2) is 194 Å². The van der Waals surface area contributed by atoms with Gasteiger partial charge in [0.05, 0.1) is 22.1 Å². The van der Waals surface area contributed by atoms with Crippen molar-refractivity contribution in [2.24, 2.45) is 0 Å². The normalized spacial score (nSPS) is 13.0. The second-order valence-corrected chi connectivity index (χ2v) is 19.4. The van der Waals surface area contributed by atoms with Crippen LogP contribution < -0.4 is 26.2 Å². The van der Waals surface area contributed by atoms with E-state index in [0.29, 0.717) is 0 Å². The molecule has 14 rings (SSSR count). The van der Waals surface area contributed by atoms with E-state index in [9.17, 15) is 0 Å². The van der Waals surface area contributed by atoms with Gasteiger partial charge in [-0.15, -0.1) is 0 Å². The van der Waals surface area contributed by atoms with Crippen LogP contribution in [0.3, 0.4) is 0 Å². The van der Waals surface area contributed by atoms with Gasteiger partial charge in [0.15, 0.2) is 0 Å². The highest BCUT2D eigenvalue weighted by Gasteiger charge is 2.43. The number of fused-ring (bicyclic) bond motifs is 11. The average molecular weight is 871 g/mol. The highest BCUT2D eigenvalue weighted by atomic mass is 15.2. The summed E-state index contributed by atoms with van der Waals surface area (Å²) in [6.45, 7) is 10.9. The van der Waals surface area contributed by atoms with Gasteiger partial charge in [0.25, 0.3) is 6.71 Å². The number of hydrogen-bond acceptors (Lipinski definition) is 2. The molecular weight excluding hydrogens is 824 g/mol. The highest BCUT2D eigenvalue weighted by molar-refractivity contribution is 7.00. The summed E-state index contributed by atoms with van der Waals surface area (Å²) < 4.78 is 4.95. The Morgan fingerprint density at radius 1 is 0.294 bits per heavy atom. The largest absolute Gasteiger partial charge is 0.311 e. The lowest BCUT2D eigenvalue weighted by molar-refractivity contribution is 1.16. The van der Waals surface area contributed by atoms with Crippen molar-refractivity contribution in [3.63, 3.8) is 0 Å². The summed E-state index contributed by atoms with van der Waals surface area (Å²) >= 11 is 0. The lowest BCUT2D eigenvalue weighted by Gasteiger charge is -2.44. The quantitative estimate of drug-likeness (QED) is 0.164. The van der Waals surface area contributed by atoms with Gasteiger partial charge in [-0.1, -0.05) is 113 Å². The zero-order valence-corrected chi connectivity index (χ0v) is 38.8. The first-order chi connectivity index (χ1) is 33.3. The molecular formula is C63H47BN4. The fourth-order valence-corrected chi connectivity index (χ4v) is 11.8. The number of rotatable bonds is 4. The average Bonchev–Trinajstić information content (AvgIpc) is 3.84. The van der Waals surface area contributed by atoms with Crippen LogP contribution in [0.2, 0.25) is 0 Å². The second kappa shape index (κ2) is 14.4. The third-order valence-electron chi connectivity index (χ3n) is 14.9. The fourth-order valence-electron chi connectivity index (χ4n) is 11.8. The first kappa shape index (κ1) is 38.9. The van der Waals surface area contributed by atoms with E-state index in [1.165, 1.54) is 121 Å². The van der Waals surface area contributed by atoms with Gasteiger partial charge >= 0.3 is 0 Å². The maximum atomic E-state index is 2.54. The van der Waals surface area contributed by atoms with Crippen molar-refractivity contribution in [1.82, 2.24) is 9.13 Å². The molecule has 5 heteroatoms. The molecule has 0 unspecified atom stereocenters. The fraction of sp³-hybridized carbons (Fsp3) is 0.0794. The van der Waals surface area contributed by atoms with Crippen LogP contribution in [0.25, 0.3) is 65.8 Å². The van der Waals surface area contributed by atoms with Gasteiger partial charge in [-0.2, -0.15) is 0 Å². The summed E-state index contributed by atoms with van der Waals surface area (Å²) in [5.41, 5.74) is 24.4. The Balaban J connectivity index is 1.06. The number of aromatic nitrogens is 2. The van der Waals surface area contributed by atoms with Crippen molar-refractivity contribution < 1.29 is 0 Å². The number of benzene rings is 10. The Labute approximate surface area is 396 Å². The Bertz CT molecular complexity index is 4000. The molecule has 0 spiro atoms. The molecule has 322 valence electrons. The number of aryl methyl sites for hydroxylation is 5. The molecule has 0 radical (unpaired) electrons. The number of hydrogen-bond donors (Lipinski definition) is 0. The number of nitrogens with zero attached hydrogens (tertiary/aromatic N) is 4. The molecule has 0 aliphatic carbocycles. The van der Waals surface area contributed by atoms with Crippen LogP contribution in [0.4, 0.5) is 34.1 Å². The predicted octanol–water partition coefficient (Wildman–Crippen LogP) is 14.7. The smallest absolute Gasteiger partial charge is 0.252 e. The molecule has 0 fully saturated rings. The van der Waals surface area contributed by atoms with Crippen LogP contribution in [-0.2, 0) is 0 Å². The van der Waals surface area contributed by atoms with Crippen LogP contribution in [-0.4, -0.2) is 15.8 Å². The van der Waals surface area contributed by atoms with E-state index >= 15 is 0 Å². The minimum Gasteiger partial charge on any atom is -0.311 e. The molecule has 0 N–H and O–H groups in total. The Hall–Kier alpha value is -8.28. The van der Waals surface area contributed by atoms with Crippen molar-refractivity contribution in [3.05, 3.63) is 222 Å². The molecule has 0 saturated carbocycles. The first-order valence-corrected chi connectivity index (χ1v) is 23.9. The summed E-state index contributed by atoms with van der Waals surface area (Å²) in [7, 11) is 0. The van der Waals surface area contributed by atoms with Gasteiger partial charge in [0.2, 0.25) is 0 Å². The SMILES string of the molecule is Cc1ccc(N2c3cc(-n4c5ccc(C)cc5c5cc(C)ccc54)ccc3B3c4ccc(-n5c6ccc(C)cc6c6cc(C)ccc65)cc4N(c4ccc5ccccc5c4)c4cccc2c43)cc1. The van der Waals surface area contributed by atoms with E-state index in [1.807, 2.05) is 0 Å². The highest BCUT2D eigenvalue weighted by Crippen LogP contribution is 2.46. The summed E-state index contributed by atoms with van der Waals surface area (Å²) in [5, 5.41) is 7.58. The van der Waals surface area contributed by atoms with E-state index in [1.54, 1.807) is 0 Å². The molecule has 0 amide bonds. The van der Waals surface area contributed by atoms with Gasteiger partial charge < -0.3 is 18.9 Å². The molecule has 12 aromatic rings. The summed E-state index contributed by atoms with van der Waals surface area (Å²) in [5.74, 6) is 0. The van der Waals surface area contributed by atoms with Crippen molar-refractivity contribution >= 4 is 112 Å². The Morgan fingerprint density at radius 2 is 0.706 bits per heavy atom. The maximum Gasteiger partial charge on any atom is 0.252 e. The van der Waals surface area contributed by atoms with Gasteiger partial charge in [-0.25, -0.2) is 0 Å². The predicted molar refractivity (Wildman–Crippen MR) is 290 cm³/mol. The molecule has 10 aromatic carbocycles. The third kappa shape index (κ3) is 5.62. The third-order valence-corrected chi connectivity index (χ3v) is 14.9. The zero-order chi connectivity index (χ0) is 45.5. The molecule has 0 atom stereocenters. The van der Waals surface area contributed by atoms with E-state index < -0.39 is 0 Å². The first-order valence-electron chi connectivity index (χ1n) is 23.9. The monoisotopic (exact) mass is 870 g/mol. The van der Waals surface area contributed by atoms with E-state index in [0.717, 1.165) is 22.7 Å². The standard InChI is InChI=1S/C63H47BN4/c1-38-13-20-45(21-14-38)65-59-11-8-12-60-63(59)64(53-25-23-47(36-61(53)65)66-55-27-15-39(2)31-49(55)50-32-40(3)16-28-56(50)66)54-26-24-48(37-62(54)68(60)46-22-19-43-9-6-7-10-44(43)35-46)67-57-29-17-41(4)33-51(57)52-34-42(5)18-30-58(52)67/h6-37H,1-5H3. The molecule has 0 saturated heterocycles. The zero-order valence-electron chi connectivity index (χ0n) is 38.8. The molecule has 2 aliphatic rings. The van der Waals surface area contributed by atoms with Crippen molar-refractivity contribution in [3.8, 4) is 11.4 Å². The van der Waals surface area contributed by atoms with Crippen LogP contribution in [0, 0.1) is 34.6 Å². The Morgan fingerprint density at radius 3 is 1.19 bits per heavy atom. The van der Waals surface area contributed by atoms with Crippen molar-refractivity contribution in [2.75, 3.05) is 9.80 Å². The van der Waals surface area contributed by atoms with E-state index in [-0.39, 0.29) is 6.71 Å². The molecule has 4 heterocycles. The summed E-state index contributed by atoms with van der Waals surface area (Å²) in [6, 6.07) is 73.8. The molecule has 68 heavy (non-hydrogen) atoms. The topological polar surface area (TPSA) is 16.3 Å². The molecule has 4 nitrogen and oxygen atoms in total. The van der Waals surface area contributed by atoms with E-state index in [2.05, 4.69) is 248 Å². The maximum absolute atomic E-state index is 2.54. The molecule has 2 aliphatic heterocycles. The van der Waals surface area contributed by atoms with Gasteiger partial charge in [0, 0.05) is 67.0 Å². The summed E-state index contributed by atoms with van der Waals surface area (Å²) in [4.78, 5) is 5.06. The van der Waals surface area contributed by atoms with Crippen molar-refractivity contribution in [2.45, 2.75) is 34.6 Å². The lowest BCUT2D eigenvalue weighted by atomic mass is 9.33. The van der Waals surface area contributed by atoms with Crippen LogP contribution in [0.1, 0.15) is 27.8 Å². The minimum atomic E-state index is -0.0281.